The van der Waals surface area contributed by atoms with Crippen LogP contribution in [0.2, 0.25) is 10.0 Å². The Morgan fingerprint density at radius 2 is 1.65 bits per heavy atom. The zero-order valence-corrected chi connectivity index (χ0v) is 23.8. The van der Waals surface area contributed by atoms with Crippen molar-refractivity contribution in [3.63, 3.8) is 0 Å². The number of fused-ring (bicyclic) bond motifs is 1. The quantitative estimate of drug-likeness (QED) is 0.340. The van der Waals surface area contributed by atoms with E-state index in [1.54, 1.807) is 29.2 Å². The zero-order chi connectivity index (χ0) is 28.1. The van der Waals surface area contributed by atoms with Crippen LogP contribution < -0.4 is 5.32 Å². The summed E-state index contributed by atoms with van der Waals surface area (Å²) in [5, 5.41) is 13.0. The molecule has 1 atom stereocenters. The molecular weight excluding hydrogens is 543 g/mol. The van der Waals surface area contributed by atoms with Gasteiger partial charge in [-0.15, -0.1) is 0 Å². The van der Waals surface area contributed by atoms with E-state index in [9.17, 15) is 14.9 Å². The van der Waals surface area contributed by atoms with Crippen LogP contribution in [0.3, 0.4) is 0 Å². The molecule has 40 heavy (non-hydrogen) atoms. The van der Waals surface area contributed by atoms with Crippen molar-refractivity contribution in [3.8, 4) is 17.2 Å². The summed E-state index contributed by atoms with van der Waals surface area (Å²) in [4.78, 5) is 30.9. The van der Waals surface area contributed by atoms with Crippen LogP contribution in [0.5, 0.6) is 0 Å². The lowest BCUT2D eigenvalue weighted by Crippen LogP contribution is -2.46. The lowest BCUT2D eigenvalue weighted by atomic mass is 9.99. The van der Waals surface area contributed by atoms with Gasteiger partial charge in [0.15, 0.2) is 0 Å². The molecule has 1 aliphatic heterocycles. The molecule has 1 aliphatic carbocycles. The van der Waals surface area contributed by atoms with Gasteiger partial charge < -0.3 is 15.1 Å². The van der Waals surface area contributed by atoms with Crippen LogP contribution in [-0.4, -0.2) is 53.8 Å². The summed E-state index contributed by atoms with van der Waals surface area (Å²) in [6, 6.07) is 20.9. The smallest absolute Gasteiger partial charge is 0.244 e. The number of hydrogen-bond acceptors (Lipinski definition) is 4. The zero-order valence-electron chi connectivity index (χ0n) is 22.3. The lowest BCUT2D eigenvalue weighted by molar-refractivity contribution is -0.137. The Morgan fingerprint density at radius 3 is 2.40 bits per heavy atom. The number of halogens is 2. The molecule has 8 heteroatoms. The maximum atomic E-state index is 13.6. The van der Waals surface area contributed by atoms with E-state index in [4.69, 9.17) is 23.2 Å². The first-order valence-corrected chi connectivity index (χ1v) is 14.5. The molecule has 3 aromatic rings. The van der Waals surface area contributed by atoms with Gasteiger partial charge in [0.05, 0.1) is 11.6 Å². The van der Waals surface area contributed by atoms with Crippen LogP contribution in [0.15, 0.2) is 60.7 Å². The first-order valence-electron chi connectivity index (χ1n) is 13.8. The van der Waals surface area contributed by atoms with Gasteiger partial charge in [0, 0.05) is 34.7 Å². The normalized spacial score (nSPS) is 16.7. The first kappa shape index (κ1) is 28.2. The number of hydrogen-bond donors (Lipinski definition) is 1. The minimum atomic E-state index is -0.283. The van der Waals surface area contributed by atoms with Gasteiger partial charge in [-0.1, -0.05) is 60.0 Å². The van der Waals surface area contributed by atoms with Crippen LogP contribution in [0.4, 0.5) is 5.69 Å². The number of carbonyl (C=O) groups is 2. The molecule has 5 rings (SSSR count). The predicted molar refractivity (Wildman–Crippen MR) is 160 cm³/mol. The van der Waals surface area contributed by atoms with Gasteiger partial charge in [-0.25, -0.2) is 0 Å². The lowest BCUT2D eigenvalue weighted by Gasteiger charge is -2.31. The second-order valence-electron chi connectivity index (χ2n) is 10.6. The molecular formula is C32H32Cl2N4O2. The standard InChI is InChI=1S/C32H32Cl2N4O2/c33-27-17-28(34)19-29(18-27)36-31(39)21-38(32(40)9-12-37-10-2-1-3-11-37)30-15-25-8-7-24(14-26(25)16-30)23-6-4-5-22(13-23)20-35/h4-8,13-14,17-19,30H,1-3,9-12,15-16,21H2,(H,36,39). The van der Waals surface area contributed by atoms with E-state index < -0.39 is 0 Å². The maximum Gasteiger partial charge on any atom is 0.244 e. The summed E-state index contributed by atoms with van der Waals surface area (Å²) in [6.07, 6.45) is 5.33. The molecule has 0 spiro atoms. The second kappa shape index (κ2) is 12.9. The molecule has 1 saturated heterocycles. The van der Waals surface area contributed by atoms with Gasteiger partial charge in [0.2, 0.25) is 11.8 Å². The number of nitrogens with zero attached hydrogens (tertiary/aromatic N) is 3. The molecule has 206 valence electrons. The number of amides is 2. The predicted octanol–water partition coefficient (Wildman–Crippen LogP) is 6.34. The SMILES string of the molecule is N#Cc1cccc(-c2ccc3c(c2)CC(N(CC(=O)Nc2cc(Cl)cc(Cl)c2)C(=O)CCN2CCCCC2)C3)c1. The highest BCUT2D eigenvalue weighted by Crippen LogP contribution is 2.31. The monoisotopic (exact) mass is 574 g/mol. The summed E-state index contributed by atoms with van der Waals surface area (Å²) in [6.45, 7) is 2.71. The summed E-state index contributed by atoms with van der Waals surface area (Å²) < 4.78 is 0. The van der Waals surface area contributed by atoms with Crippen molar-refractivity contribution in [2.45, 2.75) is 44.6 Å². The Balaban J connectivity index is 1.32. The third-order valence-corrected chi connectivity index (χ3v) is 8.19. The summed E-state index contributed by atoms with van der Waals surface area (Å²) in [5.41, 5.74) is 5.49. The van der Waals surface area contributed by atoms with Crippen molar-refractivity contribution in [1.29, 1.82) is 5.26 Å². The van der Waals surface area contributed by atoms with Gasteiger partial charge in [-0.05, 0) is 91.4 Å². The number of likely N-dealkylation sites (tertiary alicyclic amines) is 1. The van der Waals surface area contributed by atoms with Crippen LogP contribution >= 0.6 is 23.2 Å². The Hall–Kier alpha value is -3.37. The molecule has 2 aliphatic rings. The number of carbonyl (C=O) groups excluding carboxylic acids is 2. The molecule has 1 unspecified atom stereocenters. The Morgan fingerprint density at radius 1 is 0.925 bits per heavy atom. The number of nitrogens with one attached hydrogen (secondary N) is 1. The van der Waals surface area contributed by atoms with Crippen LogP contribution in [0.1, 0.15) is 42.4 Å². The van der Waals surface area contributed by atoms with Crippen molar-refractivity contribution in [3.05, 3.63) is 87.4 Å². The van der Waals surface area contributed by atoms with Crippen LogP contribution in [0.25, 0.3) is 11.1 Å². The fourth-order valence-electron chi connectivity index (χ4n) is 5.75. The second-order valence-corrected chi connectivity index (χ2v) is 11.5. The Bertz CT molecular complexity index is 1420. The molecule has 1 fully saturated rings. The average Bonchev–Trinajstić information content (AvgIpc) is 3.38. The highest BCUT2D eigenvalue weighted by atomic mass is 35.5. The minimum Gasteiger partial charge on any atom is -0.330 e. The molecule has 0 aromatic heterocycles. The molecule has 0 bridgehead atoms. The van der Waals surface area contributed by atoms with E-state index in [1.807, 2.05) is 18.2 Å². The largest absolute Gasteiger partial charge is 0.330 e. The fourth-order valence-corrected chi connectivity index (χ4v) is 6.27. The van der Waals surface area contributed by atoms with Crippen molar-refractivity contribution >= 4 is 40.7 Å². The van der Waals surface area contributed by atoms with Crippen molar-refractivity contribution in [1.82, 2.24) is 9.80 Å². The van der Waals surface area contributed by atoms with E-state index in [0.29, 0.717) is 47.1 Å². The first-order chi connectivity index (χ1) is 19.4. The van der Waals surface area contributed by atoms with Gasteiger partial charge >= 0.3 is 0 Å². The van der Waals surface area contributed by atoms with E-state index >= 15 is 0 Å². The number of benzene rings is 3. The topological polar surface area (TPSA) is 76.4 Å². The van der Waals surface area contributed by atoms with E-state index in [1.165, 1.54) is 30.4 Å². The van der Waals surface area contributed by atoms with Crippen molar-refractivity contribution in [2.24, 2.45) is 0 Å². The molecule has 3 aromatic carbocycles. The van der Waals surface area contributed by atoms with Gasteiger partial charge in [-0.3, -0.25) is 9.59 Å². The highest BCUT2D eigenvalue weighted by molar-refractivity contribution is 6.35. The highest BCUT2D eigenvalue weighted by Gasteiger charge is 2.32. The van der Waals surface area contributed by atoms with Gasteiger partial charge in [0.1, 0.15) is 6.54 Å². The molecule has 6 nitrogen and oxygen atoms in total. The van der Waals surface area contributed by atoms with E-state index in [-0.39, 0.29) is 24.4 Å². The minimum absolute atomic E-state index is 0.00963. The Labute approximate surface area is 245 Å². The van der Waals surface area contributed by atoms with Crippen molar-refractivity contribution in [2.75, 3.05) is 31.5 Å². The maximum absolute atomic E-state index is 13.6. The molecule has 0 saturated carbocycles. The number of anilines is 1. The molecule has 0 radical (unpaired) electrons. The average molecular weight is 576 g/mol. The third-order valence-electron chi connectivity index (χ3n) is 7.75. The van der Waals surface area contributed by atoms with Gasteiger partial charge in [0.25, 0.3) is 0 Å². The summed E-state index contributed by atoms with van der Waals surface area (Å²) >= 11 is 12.2. The Kier molecular flexibility index (Phi) is 9.06. The fraction of sp³-hybridized carbons (Fsp3) is 0.344. The van der Waals surface area contributed by atoms with E-state index in [2.05, 4.69) is 34.5 Å². The molecule has 1 N–H and O–H groups in total. The van der Waals surface area contributed by atoms with E-state index in [0.717, 1.165) is 24.2 Å². The number of rotatable bonds is 8. The molecule has 1 heterocycles. The van der Waals surface area contributed by atoms with Crippen LogP contribution in [-0.2, 0) is 22.4 Å². The number of piperidine rings is 1. The summed E-state index contributed by atoms with van der Waals surface area (Å²) in [7, 11) is 0. The molecule has 2 amide bonds. The van der Waals surface area contributed by atoms with Crippen molar-refractivity contribution < 1.29 is 9.59 Å². The van der Waals surface area contributed by atoms with Gasteiger partial charge in [-0.2, -0.15) is 5.26 Å². The summed E-state index contributed by atoms with van der Waals surface area (Å²) in [5.74, 6) is -0.292. The van der Waals surface area contributed by atoms with Crippen LogP contribution in [0, 0.1) is 11.3 Å². The third kappa shape index (κ3) is 7.03. The number of nitriles is 1.